The summed E-state index contributed by atoms with van der Waals surface area (Å²) in [5, 5.41) is 15.1. The molecule has 0 fully saturated rings. The second kappa shape index (κ2) is 8.75. The predicted molar refractivity (Wildman–Crippen MR) is 107 cm³/mol. The largest absolute Gasteiger partial charge is 0.461 e. The maximum atomic E-state index is 12.7. The Labute approximate surface area is 175 Å². The van der Waals surface area contributed by atoms with Crippen LogP contribution in [-0.4, -0.2) is 35.7 Å². The van der Waals surface area contributed by atoms with Crippen LogP contribution in [0, 0.1) is 10.1 Å². The molecule has 1 heterocycles. The Morgan fingerprint density at radius 2 is 1.77 bits per heavy atom. The second-order valence-electron chi connectivity index (χ2n) is 5.93. The minimum atomic E-state index is -4.79. The lowest BCUT2D eigenvalue weighted by atomic mass is 10.3. The summed E-state index contributed by atoms with van der Waals surface area (Å²) in [5.74, 6) is -1.76. The summed E-state index contributed by atoms with van der Waals surface area (Å²) in [5.41, 5.74) is -1.81. The third kappa shape index (κ3) is 4.59. The van der Waals surface area contributed by atoms with Crippen molar-refractivity contribution in [3.63, 3.8) is 0 Å². The van der Waals surface area contributed by atoms with Crippen LogP contribution in [0.1, 0.15) is 17.4 Å². The average Bonchev–Trinajstić information content (AvgIpc) is 2.74. The van der Waals surface area contributed by atoms with E-state index in [1.807, 2.05) is 0 Å². The lowest BCUT2D eigenvalue weighted by Gasteiger charge is -2.12. The normalized spacial score (nSPS) is 11.0. The zero-order chi connectivity index (χ0) is 22.6. The first-order valence-electron chi connectivity index (χ1n) is 8.79. The van der Waals surface area contributed by atoms with Crippen molar-refractivity contribution in [3.05, 3.63) is 86.8 Å². The Morgan fingerprint density at radius 1 is 1.13 bits per heavy atom. The number of nitro benzene ring substituents is 1. The number of rotatable bonds is 7. The van der Waals surface area contributed by atoms with Crippen molar-refractivity contribution in [1.29, 1.82) is 0 Å². The maximum Gasteiger partial charge on any atom is 0.362 e. The van der Waals surface area contributed by atoms with Gasteiger partial charge in [0.1, 0.15) is 0 Å². The predicted octanol–water partition coefficient (Wildman–Crippen LogP) is 2.09. The molecular weight excluding hydrogens is 430 g/mol. The molecule has 11 nitrogen and oxygen atoms in total. The van der Waals surface area contributed by atoms with E-state index in [1.54, 1.807) is 30.3 Å². The van der Waals surface area contributed by atoms with Crippen LogP contribution < -0.4 is 9.74 Å². The fraction of sp³-hybridized carbons (Fsp3) is 0.105. The van der Waals surface area contributed by atoms with Gasteiger partial charge in [-0.3, -0.25) is 14.9 Å². The van der Waals surface area contributed by atoms with Gasteiger partial charge >= 0.3 is 16.1 Å². The highest BCUT2D eigenvalue weighted by Crippen LogP contribution is 2.27. The van der Waals surface area contributed by atoms with Gasteiger partial charge in [0.25, 0.3) is 11.2 Å². The number of esters is 1. The van der Waals surface area contributed by atoms with Crippen LogP contribution in [-0.2, 0) is 14.9 Å². The van der Waals surface area contributed by atoms with Gasteiger partial charge in [0.2, 0.25) is 5.69 Å². The Morgan fingerprint density at radius 3 is 2.42 bits per heavy atom. The SMILES string of the molecule is CCOC(=O)c1nn(-c2ccccc2)c(=O)cc1OS(=O)(=O)c1ccccc1[N+](=O)[O-]. The first-order valence-corrected chi connectivity index (χ1v) is 10.2. The van der Waals surface area contributed by atoms with Crippen molar-refractivity contribution in [2.45, 2.75) is 11.8 Å². The highest BCUT2D eigenvalue weighted by molar-refractivity contribution is 7.87. The number of nitro groups is 1. The van der Waals surface area contributed by atoms with Gasteiger partial charge < -0.3 is 8.92 Å². The van der Waals surface area contributed by atoms with Crippen LogP contribution in [0.3, 0.4) is 0 Å². The monoisotopic (exact) mass is 445 g/mol. The van der Waals surface area contributed by atoms with Crippen LogP contribution in [0.2, 0.25) is 0 Å². The number of para-hydroxylation sites is 2. The number of aromatic nitrogens is 2. The van der Waals surface area contributed by atoms with Gasteiger partial charge in [-0.1, -0.05) is 30.3 Å². The van der Waals surface area contributed by atoms with E-state index >= 15 is 0 Å². The van der Waals surface area contributed by atoms with Crippen LogP contribution in [0.4, 0.5) is 5.69 Å². The first kappa shape index (κ1) is 21.6. The van der Waals surface area contributed by atoms with Gasteiger partial charge in [0, 0.05) is 6.07 Å². The molecule has 0 saturated carbocycles. The standard InChI is InChI=1S/C19H15N3O8S/c1-2-29-19(24)18-15(12-17(23)21(20-18)13-8-4-3-5-9-13)30-31(27,28)16-11-7-6-10-14(16)22(25)26/h3-12H,2H2,1H3. The molecule has 0 spiro atoms. The lowest BCUT2D eigenvalue weighted by Crippen LogP contribution is -2.26. The van der Waals surface area contributed by atoms with Gasteiger partial charge in [-0.25, -0.2) is 4.79 Å². The molecule has 160 valence electrons. The van der Waals surface area contributed by atoms with Crippen molar-refractivity contribution in [3.8, 4) is 11.4 Å². The van der Waals surface area contributed by atoms with Crippen molar-refractivity contribution >= 4 is 21.8 Å². The molecule has 1 aromatic heterocycles. The van der Waals surface area contributed by atoms with E-state index in [4.69, 9.17) is 8.92 Å². The van der Waals surface area contributed by atoms with E-state index in [-0.39, 0.29) is 6.61 Å². The van der Waals surface area contributed by atoms with E-state index in [0.29, 0.717) is 5.69 Å². The summed E-state index contributed by atoms with van der Waals surface area (Å²) in [6, 6.07) is 13.3. The van der Waals surface area contributed by atoms with Crippen molar-refractivity contribution < 1.29 is 27.1 Å². The molecule has 31 heavy (non-hydrogen) atoms. The number of benzene rings is 2. The smallest absolute Gasteiger partial charge is 0.362 e. The Balaban J connectivity index is 2.15. The molecule has 0 atom stereocenters. The molecule has 2 aromatic carbocycles. The third-order valence-electron chi connectivity index (χ3n) is 3.90. The fourth-order valence-electron chi connectivity index (χ4n) is 2.58. The molecule has 0 bridgehead atoms. The molecule has 12 heteroatoms. The van der Waals surface area contributed by atoms with Crippen LogP contribution in [0.15, 0.2) is 70.4 Å². The minimum absolute atomic E-state index is 0.0542. The van der Waals surface area contributed by atoms with Gasteiger partial charge in [-0.2, -0.15) is 18.2 Å². The number of carbonyl (C=O) groups is 1. The summed E-state index contributed by atoms with van der Waals surface area (Å²) in [6.45, 7) is 1.47. The van der Waals surface area contributed by atoms with Crippen molar-refractivity contribution in [1.82, 2.24) is 9.78 Å². The van der Waals surface area contributed by atoms with Crippen LogP contribution in [0.5, 0.6) is 5.75 Å². The number of hydrogen-bond acceptors (Lipinski definition) is 9. The molecule has 0 aliphatic rings. The summed E-state index contributed by atoms with van der Waals surface area (Å²) < 4.78 is 36.1. The Bertz CT molecular complexity index is 1300. The van der Waals surface area contributed by atoms with Crippen LogP contribution in [0.25, 0.3) is 5.69 Å². The van der Waals surface area contributed by atoms with Gasteiger partial charge in [0.15, 0.2) is 10.6 Å². The third-order valence-corrected chi connectivity index (χ3v) is 5.18. The Kier molecular flexibility index (Phi) is 6.11. The molecule has 0 N–H and O–H groups in total. The number of carbonyl (C=O) groups excluding carboxylic acids is 1. The quantitative estimate of drug-likeness (QED) is 0.231. The second-order valence-corrected chi connectivity index (χ2v) is 7.44. The molecule has 3 aromatic rings. The molecule has 0 aliphatic carbocycles. The molecule has 3 rings (SSSR count). The molecule has 0 amide bonds. The Hall–Kier alpha value is -4.06. The number of ether oxygens (including phenoxy) is 1. The summed E-state index contributed by atoms with van der Waals surface area (Å²) in [4.78, 5) is 34.5. The molecule has 0 aliphatic heterocycles. The van der Waals surface area contributed by atoms with Gasteiger partial charge in [-0.05, 0) is 25.1 Å². The van der Waals surface area contributed by atoms with Crippen LogP contribution >= 0.6 is 0 Å². The van der Waals surface area contributed by atoms with E-state index in [9.17, 15) is 28.1 Å². The highest BCUT2D eigenvalue weighted by atomic mass is 32.2. The molecule has 0 unspecified atom stereocenters. The van der Waals surface area contributed by atoms with Crippen molar-refractivity contribution in [2.24, 2.45) is 0 Å². The summed E-state index contributed by atoms with van der Waals surface area (Å²) in [6.07, 6.45) is 0. The zero-order valence-electron chi connectivity index (χ0n) is 16.0. The maximum absolute atomic E-state index is 12.7. The first-order chi connectivity index (χ1) is 14.7. The van der Waals surface area contributed by atoms with E-state index < -0.39 is 48.6 Å². The molecule has 0 saturated heterocycles. The zero-order valence-corrected chi connectivity index (χ0v) is 16.8. The molecule has 0 radical (unpaired) electrons. The van der Waals surface area contributed by atoms with E-state index in [2.05, 4.69) is 5.10 Å². The van der Waals surface area contributed by atoms with Gasteiger partial charge in [-0.15, -0.1) is 0 Å². The fourth-order valence-corrected chi connectivity index (χ4v) is 3.68. The lowest BCUT2D eigenvalue weighted by molar-refractivity contribution is -0.387. The minimum Gasteiger partial charge on any atom is -0.461 e. The van der Waals surface area contributed by atoms with Crippen molar-refractivity contribution in [2.75, 3.05) is 6.61 Å². The van der Waals surface area contributed by atoms with E-state index in [0.717, 1.165) is 22.9 Å². The molecular formula is C19H15N3O8S. The van der Waals surface area contributed by atoms with E-state index in [1.165, 1.54) is 19.1 Å². The summed E-state index contributed by atoms with van der Waals surface area (Å²) in [7, 11) is -4.79. The highest BCUT2D eigenvalue weighted by Gasteiger charge is 2.30. The topological polar surface area (TPSA) is 148 Å². The average molecular weight is 445 g/mol. The number of hydrogen-bond donors (Lipinski definition) is 0. The van der Waals surface area contributed by atoms with Gasteiger partial charge in [0.05, 0.1) is 23.3 Å². The number of nitrogens with zero attached hydrogens (tertiary/aromatic N) is 3. The summed E-state index contributed by atoms with van der Waals surface area (Å²) >= 11 is 0.